The molecule has 1 aromatic rings. The molecule has 7 nitrogen and oxygen atoms in total. The number of carbonyl (C=O) groups is 1. The van der Waals surface area contributed by atoms with Crippen molar-refractivity contribution >= 4 is 22.3 Å². The Bertz CT molecular complexity index is 1120. The van der Waals surface area contributed by atoms with Gasteiger partial charge in [-0.3, -0.25) is 4.79 Å². The molecule has 0 aromatic carbocycles. The van der Waals surface area contributed by atoms with Crippen LogP contribution in [-0.4, -0.2) is 63.8 Å². The molecule has 7 aliphatic rings. The molecule has 0 radical (unpaired) electrons. The van der Waals surface area contributed by atoms with Gasteiger partial charge in [-0.1, -0.05) is 33.3 Å². The zero-order valence-corrected chi connectivity index (χ0v) is 21.4. The molecule has 1 aromatic heterocycles. The molecular formula is C27H36N2O5S. The maximum atomic E-state index is 13.9. The van der Waals surface area contributed by atoms with E-state index in [1.54, 1.807) is 11.3 Å². The average Bonchev–Trinajstić information content (AvgIpc) is 3.09. The minimum absolute atomic E-state index is 0.203. The van der Waals surface area contributed by atoms with E-state index in [2.05, 4.69) is 25.3 Å². The molecule has 190 valence electrons. The van der Waals surface area contributed by atoms with E-state index in [1.165, 1.54) is 17.7 Å². The van der Waals surface area contributed by atoms with E-state index in [1.807, 2.05) is 0 Å². The fourth-order valence-corrected chi connectivity index (χ4v) is 10.9. The van der Waals surface area contributed by atoms with Crippen LogP contribution in [0.1, 0.15) is 62.9 Å². The van der Waals surface area contributed by atoms with E-state index in [4.69, 9.17) is 9.72 Å². The molecule has 3 N–H and O–H groups in total. The molecule has 1 unspecified atom stereocenters. The van der Waals surface area contributed by atoms with Crippen molar-refractivity contribution in [1.82, 2.24) is 4.98 Å². The molecule has 0 amide bonds. The SMILES string of the molecule is C=C1C(=O)[C@]23[C@H](O)C1CC[C@H]2[C@@]12CO[C@]3(O)[C@@H](O)[C@@H]1C(C)(C)Cc1sc(N3CCCCCC3)nc12. The number of nitrogens with zero attached hydrogens (tertiary/aromatic N) is 2. The van der Waals surface area contributed by atoms with Crippen LogP contribution >= 0.6 is 11.3 Å². The predicted octanol–water partition coefficient (Wildman–Crippen LogP) is 2.57. The summed E-state index contributed by atoms with van der Waals surface area (Å²) in [6.45, 7) is 10.5. The van der Waals surface area contributed by atoms with Crippen LogP contribution in [0.25, 0.3) is 0 Å². The van der Waals surface area contributed by atoms with E-state index in [9.17, 15) is 20.1 Å². The van der Waals surface area contributed by atoms with Crippen molar-refractivity contribution in [2.75, 3.05) is 24.6 Å². The zero-order valence-electron chi connectivity index (χ0n) is 20.6. The van der Waals surface area contributed by atoms with Crippen LogP contribution in [0.15, 0.2) is 12.2 Å². The lowest BCUT2D eigenvalue weighted by atomic mass is 9.36. The molecule has 6 fully saturated rings. The third-order valence-corrected chi connectivity index (χ3v) is 11.9. The standard InChI is InChI=1S/C27H36N2O5S/c1-14-15-8-9-17-25-13-34-27(33,26(17,20(14)30)21(15)31)22(32)18(25)24(2,3)12-16-19(25)28-23(35-16)29-10-6-4-5-7-11-29/h15,17-18,21-22,31-33H,1,4-13H2,2-3H3/t15?,17-,18+,21+,22-,25-,26-,27+/m0/s1. The van der Waals surface area contributed by atoms with Gasteiger partial charge in [0.15, 0.2) is 10.9 Å². The Kier molecular flexibility index (Phi) is 4.54. The summed E-state index contributed by atoms with van der Waals surface area (Å²) in [5, 5.41) is 36.5. The Hall–Kier alpha value is -1.32. The van der Waals surface area contributed by atoms with Gasteiger partial charge in [0.25, 0.3) is 0 Å². The van der Waals surface area contributed by atoms with Gasteiger partial charge >= 0.3 is 0 Å². The van der Waals surface area contributed by atoms with Crippen molar-refractivity contribution in [1.29, 1.82) is 0 Å². The van der Waals surface area contributed by atoms with Gasteiger partial charge in [0.1, 0.15) is 11.5 Å². The number of hydrogen-bond acceptors (Lipinski definition) is 8. The first-order chi connectivity index (χ1) is 16.6. The summed E-state index contributed by atoms with van der Waals surface area (Å²) in [4.78, 5) is 22.8. The average molecular weight is 501 g/mol. The molecule has 4 aliphatic carbocycles. The van der Waals surface area contributed by atoms with Crippen LogP contribution in [-0.2, 0) is 21.4 Å². The van der Waals surface area contributed by atoms with Crippen LogP contribution in [0.5, 0.6) is 0 Å². The van der Waals surface area contributed by atoms with Gasteiger partial charge in [-0.15, -0.1) is 11.3 Å². The normalized spacial score (nSPS) is 47.8. The second kappa shape index (κ2) is 6.95. The summed E-state index contributed by atoms with van der Waals surface area (Å²) in [5.74, 6) is -3.55. The Morgan fingerprint density at radius 3 is 2.54 bits per heavy atom. The minimum atomic E-state index is -2.13. The monoisotopic (exact) mass is 500 g/mol. The Morgan fingerprint density at radius 2 is 1.83 bits per heavy atom. The van der Waals surface area contributed by atoms with E-state index in [0.29, 0.717) is 18.4 Å². The minimum Gasteiger partial charge on any atom is -0.391 e. The second-order valence-electron chi connectivity index (χ2n) is 12.7. The van der Waals surface area contributed by atoms with Crippen molar-refractivity contribution in [2.45, 2.75) is 82.2 Å². The Labute approximate surface area is 210 Å². The lowest BCUT2D eigenvalue weighted by Crippen LogP contribution is -2.85. The first kappa shape index (κ1) is 22.8. The second-order valence-corrected chi connectivity index (χ2v) is 13.7. The number of ketones is 1. The van der Waals surface area contributed by atoms with E-state index < -0.39 is 34.7 Å². The molecule has 35 heavy (non-hydrogen) atoms. The molecule has 3 aliphatic heterocycles. The number of aliphatic hydroxyl groups is 3. The van der Waals surface area contributed by atoms with Gasteiger partial charge in [0.05, 0.1) is 18.4 Å². The lowest BCUT2D eigenvalue weighted by Gasteiger charge is -2.73. The highest BCUT2D eigenvalue weighted by molar-refractivity contribution is 7.15. The molecular weight excluding hydrogens is 464 g/mol. The van der Waals surface area contributed by atoms with E-state index >= 15 is 0 Å². The number of aromatic nitrogens is 1. The zero-order chi connectivity index (χ0) is 24.5. The summed E-state index contributed by atoms with van der Waals surface area (Å²) in [6, 6.07) is 0. The lowest BCUT2D eigenvalue weighted by molar-refractivity contribution is -0.429. The summed E-state index contributed by atoms with van der Waals surface area (Å²) < 4.78 is 6.18. The third kappa shape index (κ3) is 2.38. The number of rotatable bonds is 1. The van der Waals surface area contributed by atoms with Crippen LogP contribution in [0.3, 0.4) is 0 Å². The smallest absolute Gasteiger partial charge is 0.208 e. The topological polar surface area (TPSA) is 103 Å². The molecule has 3 saturated heterocycles. The van der Waals surface area contributed by atoms with Crippen LogP contribution in [0, 0.1) is 28.6 Å². The Morgan fingerprint density at radius 1 is 1.11 bits per heavy atom. The number of carbonyl (C=O) groups excluding carboxylic acids is 1. The quantitative estimate of drug-likeness (QED) is 0.509. The van der Waals surface area contributed by atoms with Gasteiger partial charge in [0.2, 0.25) is 5.79 Å². The molecule has 8 atom stereocenters. The van der Waals surface area contributed by atoms with Gasteiger partial charge in [0, 0.05) is 35.2 Å². The first-order valence-electron chi connectivity index (χ1n) is 13.3. The van der Waals surface area contributed by atoms with Gasteiger partial charge in [-0.05, 0) is 49.0 Å². The Balaban J connectivity index is 1.46. The van der Waals surface area contributed by atoms with E-state index in [-0.39, 0.29) is 29.6 Å². The van der Waals surface area contributed by atoms with Crippen molar-refractivity contribution in [3.63, 3.8) is 0 Å². The summed E-state index contributed by atoms with van der Waals surface area (Å²) in [7, 11) is 0. The largest absolute Gasteiger partial charge is 0.391 e. The molecule has 2 spiro atoms. The highest BCUT2D eigenvalue weighted by atomic mass is 32.1. The number of ether oxygens (including phenoxy) is 1. The number of Topliss-reactive ketones (excluding diaryl/α,β-unsaturated/α-hetero) is 1. The molecule has 8 rings (SSSR count). The number of thiazole rings is 1. The van der Waals surface area contributed by atoms with Gasteiger partial charge < -0.3 is 25.0 Å². The van der Waals surface area contributed by atoms with Gasteiger partial charge in [-0.2, -0.15) is 0 Å². The fourth-order valence-electron chi connectivity index (χ4n) is 9.48. The van der Waals surface area contributed by atoms with Crippen LogP contribution < -0.4 is 4.90 Å². The summed E-state index contributed by atoms with van der Waals surface area (Å²) in [6.07, 6.45) is 4.48. The number of aliphatic hydroxyl groups excluding tert-OH is 2. The summed E-state index contributed by atoms with van der Waals surface area (Å²) >= 11 is 1.75. The van der Waals surface area contributed by atoms with E-state index in [0.717, 1.165) is 43.2 Å². The molecule has 4 heterocycles. The predicted molar refractivity (Wildman–Crippen MR) is 131 cm³/mol. The van der Waals surface area contributed by atoms with Crippen molar-refractivity contribution in [3.05, 3.63) is 22.7 Å². The van der Waals surface area contributed by atoms with Gasteiger partial charge in [-0.25, -0.2) is 4.98 Å². The highest BCUT2D eigenvalue weighted by Crippen LogP contribution is 2.75. The third-order valence-electron chi connectivity index (χ3n) is 10.8. The van der Waals surface area contributed by atoms with Crippen molar-refractivity contribution in [2.24, 2.45) is 28.6 Å². The summed E-state index contributed by atoms with van der Waals surface area (Å²) in [5.41, 5.74) is -1.38. The molecule has 8 heteroatoms. The van der Waals surface area contributed by atoms with Crippen molar-refractivity contribution < 1.29 is 24.9 Å². The number of anilines is 1. The maximum absolute atomic E-state index is 13.9. The van der Waals surface area contributed by atoms with Crippen LogP contribution in [0.4, 0.5) is 5.13 Å². The first-order valence-corrected chi connectivity index (χ1v) is 14.1. The fraction of sp³-hybridized carbons (Fsp3) is 0.778. The maximum Gasteiger partial charge on any atom is 0.208 e. The number of fused-ring (bicyclic) bond motifs is 3. The highest BCUT2D eigenvalue weighted by Gasteiger charge is 2.86. The molecule has 4 bridgehead atoms. The molecule has 3 saturated carbocycles. The van der Waals surface area contributed by atoms with Crippen molar-refractivity contribution in [3.8, 4) is 0 Å². The number of hydrogen-bond donors (Lipinski definition) is 3. The van der Waals surface area contributed by atoms with Crippen LogP contribution in [0.2, 0.25) is 0 Å².